The van der Waals surface area contributed by atoms with Crippen LogP contribution in [0.4, 0.5) is 4.79 Å². The van der Waals surface area contributed by atoms with Gasteiger partial charge in [0.2, 0.25) is 0 Å². The van der Waals surface area contributed by atoms with Gasteiger partial charge in [-0.2, -0.15) is 0 Å². The van der Waals surface area contributed by atoms with Gasteiger partial charge in [-0.1, -0.05) is 39.3 Å². The molecule has 1 aliphatic heterocycles. The predicted octanol–water partition coefficient (Wildman–Crippen LogP) is 6.36. The smallest absolute Gasteiger partial charge is 0.409 e. The molecule has 0 N–H and O–H groups in total. The number of nitrogens with zero attached hydrogens (tertiary/aromatic N) is 2. The minimum Gasteiger partial charge on any atom is -0.449 e. The van der Waals surface area contributed by atoms with Crippen LogP contribution in [0.1, 0.15) is 86.0 Å². The Bertz CT molecular complexity index is 815. The number of ether oxygens (including phenoxy) is 1. The number of hydrogen-bond acceptors (Lipinski definition) is 3. The van der Waals surface area contributed by atoms with Gasteiger partial charge in [-0.3, -0.25) is 0 Å². The molecule has 0 radical (unpaired) electrons. The van der Waals surface area contributed by atoms with E-state index in [1.807, 2.05) is 11.9 Å². The summed E-state index contributed by atoms with van der Waals surface area (Å²) >= 11 is 0. The van der Waals surface area contributed by atoms with Crippen molar-refractivity contribution in [1.82, 2.24) is 9.80 Å². The Balaban J connectivity index is 1.30. The Morgan fingerprint density at radius 3 is 2.61 bits per heavy atom. The molecule has 1 amide bonds. The van der Waals surface area contributed by atoms with Crippen LogP contribution in [0.25, 0.3) is 0 Å². The average molecular weight is 457 g/mol. The Morgan fingerprint density at radius 1 is 1.15 bits per heavy atom. The van der Waals surface area contributed by atoms with Gasteiger partial charge in [0.05, 0.1) is 6.61 Å². The van der Waals surface area contributed by atoms with Crippen molar-refractivity contribution in [1.29, 1.82) is 0 Å². The van der Waals surface area contributed by atoms with Crippen LogP contribution < -0.4 is 0 Å². The minimum absolute atomic E-state index is 0.00601. The van der Waals surface area contributed by atoms with Crippen LogP contribution in [0.15, 0.2) is 11.6 Å². The van der Waals surface area contributed by atoms with Gasteiger partial charge in [-0.25, -0.2) is 4.79 Å². The molecule has 1 spiro atoms. The summed E-state index contributed by atoms with van der Waals surface area (Å²) in [7, 11) is 4.32. The van der Waals surface area contributed by atoms with Gasteiger partial charge < -0.3 is 14.5 Å². The third-order valence-corrected chi connectivity index (χ3v) is 11.1. The first kappa shape index (κ1) is 23.7. The van der Waals surface area contributed by atoms with Crippen LogP contribution in [0.3, 0.4) is 0 Å². The summed E-state index contributed by atoms with van der Waals surface area (Å²) in [6.07, 6.45) is 12.9. The standard InChI is InChI=1S/C29H48N2O2/c1-19-23-10-11-25-22-9-8-20-16-21(31(7)26(32)33-18-27(2,3)4)12-14-28(20,5)24(22)13-15-29(23,25)17-30(19)6/h8,19,21-25H,9-18H2,1-7H3/t19-,21-,22+,23+,24-,25-,28-,29?/m0/s1. The Hall–Kier alpha value is -1.03. The Morgan fingerprint density at radius 2 is 1.88 bits per heavy atom. The summed E-state index contributed by atoms with van der Waals surface area (Å²) in [6, 6.07) is 1.05. The highest BCUT2D eigenvalue weighted by atomic mass is 16.6. The lowest BCUT2D eigenvalue weighted by atomic mass is 9.47. The average Bonchev–Trinajstić information content (AvgIpc) is 3.24. The molecule has 186 valence electrons. The van der Waals surface area contributed by atoms with Crippen LogP contribution >= 0.6 is 0 Å². The summed E-state index contributed by atoms with van der Waals surface area (Å²) in [5.74, 6) is 3.57. The van der Waals surface area contributed by atoms with E-state index in [2.05, 4.69) is 52.6 Å². The molecule has 0 aromatic carbocycles. The van der Waals surface area contributed by atoms with Gasteiger partial charge in [0, 0.05) is 25.7 Å². The number of rotatable bonds is 2. The van der Waals surface area contributed by atoms with Crippen molar-refractivity contribution in [3.8, 4) is 0 Å². The van der Waals surface area contributed by atoms with E-state index >= 15 is 0 Å². The lowest BCUT2D eigenvalue weighted by molar-refractivity contribution is -0.0437. The molecule has 1 heterocycles. The van der Waals surface area contributed by atoms with Crippen molar-refractivity contribution in [2.45, 2.75) is 98.1 Å². The van der Waals surface area contributed by atoms with E-state index in [4.69, 9.17) is 4.74 Å². The number of carbonyl (C=O) groups is 1. The third kappa shape index (κ3) is 3.69. The predicted molar refractivity (Wildman–Crippen MR) is 134 cm³/mol. The van der Waals surface area contributed by atoms with Crippen molar-refractivity contribution in [3.63, 3.8) is 0 Å². The molecule has 0 aromatic heterocycles. The van der Waals surface area contributed by atoms with E-state index in [1.54, 1.807) is 5.57 Å². The second-order valence-corrected chi connectivity index (χ2v) is 14.0. The van der Waals surface area contributed by atoms with Crippen molar-refractivity contribution in [2.24, 2.45) is 39.9 Å². The highest BCUT2D eigenvalue weighted by molar-refractivity contribution is 5.67. The van der Waals surface area contributed by atoms with E-state index in [9.17, 15) is 4.79 Å². The van der Waals surface area contributed by atoms with E-state index in [0.717, 1.165) is 42.6 Å². The number of likely N-dealkylation sites (tertiary alicyclic amines) is 1. The molecule has 5 aliphatic rings. The highest BCUT2D eigenvalue weighted by Crippen LogP contribution is 2.68. The summed E-state index contributed by atoms with van der Waals surface area (Å²) < 4.78 is 5.64. The molecule has 0 aromatic rings. The van der Waals surface area contributed by atoms with Crippen LogP contribution in [0, 0.1) is 39.9 Å². The van der Waals surface area contributed by atoms with Crippen molar-refractivity contribution >= 4 is 6.09 Å². The number of amides is 1. The van der Waals surface area contributed by atoms with Crippen LogP contribution in [0.5, 0.6) is 0 Å². The summed E-state index contributed by atoms with van der Waals surface area (Å²) in [6.45, 7) is 13.2. The number of hydrogen-bond donors (Lipinski definition) is 0. The van der Waals surface area contributed by atoms with E-state index in [0.29, 0.717) is 17.4 Å². The number of allylic oxidation sites excluding steroid dienone is 1. The zero-order chi connectivity index (χ0) is 23.8. The fraction of sp³-hybridized carbons (Fsp3) is 0.897. The van der Waals surface area contributed by atoms with Crippen LogP contribution in [-0.4, -0.2) is 55.2 Å². The molecule has 4 nitrogen and oxygen atoms in total. The molecule has 33 heavy (non-hydrogen) atoms. The summed E-state index contributed by atoms with van der Waals surface area (Å²) in [4.78, 5) is 17.3. The van der Waals surface area contributed by atoms with Crippen molar-refractivity contribution in [3.05, 3.63) is 11.6 Å². The van der Waals surface area contributed by atoms with E-state index < -0.39 is 0 Å². The first-order valence-electron chi connectivity index (χ1n) is 13.8. The second-order valence-electron chi connectivity index (χ2n) is 14.0. The number of fused-ring (bicyclic) bond motifs is 4. The molecule has 8 atom stereocenters. The molecule has 1 saturated heterocycles. The van der Waals surface area contributed by atoms with Crippen LogP contribution in [-0.2, 0) is 4.74 Å². The Labute approximate surface area is 202 Å². The normalized spacial score (nSPS) is 44.9. The molecule has 4 heteroatoms. The second kappa shape index (κ2) is 8.00. The molecule has 3 saturated carbocycles. The van der Waals surface area contributed by atoms with Crippen molar-refractivity contribution < 1.29 is 9.53 Å². The van der Waals surface area contributed by atoms with Gasteiger partial charge in [-0.05, 0) is 105 Å². The fourth-order valence-electron chi connectivity index (χ4n) is 9.30. The highest BCUT2D eigenvalue weighted by Gasteiger charge is 2.64. The van der Waals surface area contributed by atoms with Crippen molar-refractivity contribution in [2.75, 3.05) is 27.2 Å². The minimum atomic E-state index is -0.149. The topological polar surface area (TPSA) is 32.8 Å². The van der Waals surface area contributed by atoms with Crippen LogP contribution in [0.2, 0.25) is 0 Å². The SMILES string of the molecule is C[C@H]1[C@H]2CC[C@H]3[C@@H]4CC=C5C[C@@H](N(C)C(=O)OCC(C)(C)C)CC[C@]5(C)[C@H]4CCC23CN1C. The molecular weight excluding hydrogens is 408 g/mol. The maximum atomic E-state index is 12.7. The van der Waals surface area contributed by atoms with Gasteiger partial charge in [0.25, 0.3) is 0 Å². The van der Waals surface area contributed by atoms with Gasteiger partial charge >= 0.3 is 6.09 Å². The quantitative estimate of drug-likeness (QED) is 0.453. The maximum Gasteiger partial charge on any atom is 0.409 e. The van der Waals surface area contributed by atoms with Gasteiger partial charge in [-0.15, -0.1) is 0 Å². The first-order chi connectivity index (χ1) is 15.5. The zero-order valence-electron chi connectivity index (χ0n) is 22.3. The fourth-order valence-corrected chi connectivity index (χ4v) is 9.30. The maximum absolute atomic E-state index is 12.7. The van der Waals surface area contributed by atoms with E-state index in [1.165, 1.54) is 45.1 Å². The number of carbonyl (C=O) groups excluding carboxylic acids is 1. The third-order valence-electron chi connectivity index (χ3n) is 11.1. The summed E-state index contributed by atoms with van der Waals surface area (Å²) in [5.41, 5.74) is 2.60. The molecule has 1 unspecified atom stereocenters. The lowest BCUT2D eigenvalue weighted by Gasteiger charge is -2.58. The van der Waals surface area contributed by atoms with E-state index in [-0.39, 0.29) is 17.6 Å². The molecule has 5 rings (SSSR count). The molecule has 4 fully saturated rings. The zero-order valence-corrected chi connectivity index (χ0v) is 22.3. The molecule has 4 aliphatic carbocycles. The monoisotopic (exact) mass is 456 g/mol. The largest absolute Gasteiger partial charge is 0.449 e. The van der Waals surface area contributed by atoms with Gasteiger partial charge in [0.15, 0.2) is 0 Å². The first-order valence-corrected chi connectivity index (χ1v) is 13.8. The van der Waals surface area contributed by atoms with Gasteiger partial charge in [0.1, 0.15) is 0 Å². The Kier molecular flexibility index (Phi) is 5.74. The molecule has 0 bridgehead atoms. The summed E-state index contributed by atoms with van der Waals surface area (Å²) in [5, 5.41) is 0. The molecular formula is C29H48N2O2. The lowest BCUT2D eigenvalue weighted by Crippen LogP contribution is -2.53.